The quantitative estimate of drug-likeness (QED) is 0.627. The van der Waals surface area contributed by atoms with E-state index in [1.807, 2.05) is 6.26 Å². The summed E-state index contributed by atoms with van der Waals surface area (Å²) in [6.45, 7) is 1.76. The highest BCUT2D eigenvalue weighted by Gasteiger charge is 2.07. The van der Waals surface area contributed by atoms with Crippen LogP contribution in [0.4, 0.5) is 8.78 Å². The first-order valence-corrected chi connectivity index (χ1v) is 5.49. The van der Waals surface area contributed by atoms with E-state index in [9.17, 15) is 8.78 Å². The minimum Gasteiger partial charge on any atom is -0.337 e. The second kappa shape index (κ2) is 7.07. The number of nitrogens with zero attached hydrogens (tertiary/aromatic N) is 1. The Hall–Kier alpha value is -1.28. The predicted octanol–water partition coefficient (Wildman–Crippen LogP) is 2.56. The van der Waals surface area contributed by atoms with Crippen LogP contribution in [-0.2, 0) is 5.75 Å². The predicted molar refractivity (Wildman–Crippen MR) is 58.1 cm³/mol. The molecule has 0 unspecified atom stereocenters. The molecule has 0 heterocycles. The van der Waals surface area contributed by atoms with E-state index in [-0.39, 0.29) is 0 Å². The zero-order valence-corrected chi connectivity index (χ0v) is 9.37. The number of nitrogens with two attached hydrogens (primary N) is 1. The third-order valence-electron chi connectivity index (χ3n) is 1.55. The van der Waals surface area contributed by atoms with Crippen molar-refractivity contribution in [1.82, 2.24) is 0 Å². The van der Waals surface area contributed by atoms with Gasteiger partial charge in [-0.1, -0.05) is 6.07 Å². The van der Waals surface area contributed by atoms with E-state index in [1.165, 1.54) is 24.0 Å². The normalized spacial score (nSPS) is 8.73. The number of halogens is 2. The van der Waals surface area contributed by atoms with E-state index >= 15 is 0 Å². The van der Waals surface area contributed by atoms with Crippen LogP contribution in [0, 0.1) is 30.0 Å². The van der Waals surface area contributed by atoms with Crippen molar-refractivity contribution < 1.29 is 8.78 Å². The maximum Gasteiger partial charge on any atom is 0.173 e. The Morgan fingerprint density at radius 1 is 1.47 bits per heavy atom. The van der Waals surface area contributed by atoms with Gasteiger partial charge in [0.1, 0.15) is 0 Å². The highest BCUT2D eigenvalue weighted by Crippen LogP contribution is 2.18. The number of nitriles is 1. The molecule has 1 aromatic carbocycles. The van der Waals surface area contributed by atoms with Gasteiger partial charge in [0.15, 0.2) is 17.8 Å². The third kappa shape index (κ3) is 4.66. The van der Waals surface area contributed by atoms with Crippen LogP contribution in [0.1, 0.15) is 11.1 Å². The molecule has 0 aromatic heterocycles. The van der Waals surface area contributed by atoms with Crippen LogP contribution in [0.3, 0.4) is 0 Å². The molecule has 0 bridgehead atoms. The monoisotopic (exact) mass is 230 g/mol. The van der Waals surface area contributed by atoms with Crippen LogP contribution in [0.25, 0.3) is 0 Å². The summed E-state index contributed by atoms with van der Waals surface area (Å²) in [5, 5.41) is 7.10. The molecule has 0 amide bonds. The molecule has 0 radical (unpaired) electrons. The van der Waals surface area contributed by atoms with Crippen LogP contribution < -0.4 is 5.73 Å². The summed E-state index contributed by atoms with van der Waals surface area (Å²) in [7, 11) is 0. The lowest BCUT2D eigenvalue weighted by Crippen LogP contribution is -1.93. The summed E-state index contributed by atoms with van der Waals surface area (Å²) in [5.74, 6) is -0.946. The molecular formula is C10H12F2N2S. The highest BCUT2D eigenvalue weighted by molar-refractivity contribution is 7.97. The molecule has 0 aliphatic rings. The van der Waals surface area contributed by atoms with E-state index in [0.717, 1.165) is 5.56 Å². The third-order valence-corrected chi connectivity index (χ3v) is 2.15. The summed E-state index contributed by atoms with van der Waals surface area (Å²) in [6, 6.07) is 2.88. The first kappa shape index (κ1) is 13.7. The SMILES string of the molecule is CSCc1cc(C)cc(F)c1F.N#CN. The molecule has 82 valence electrons. The number of hydrogen-bond acceptors (Lipinski definition) is 3. The average Bonchev–Trinajstić information content (AvgIpc) is 2.15. The molecule has 0 spiro atoms. The fourth-order valence-corrected chi connectivity index (χ4v) is 1.58. The van der Waals surface area contributed by atoms with Crippen molar-refractivity contribution >= 4 is 11.8 Å². The minimum atomic E-state index is -0.751. The second-order valence-corrected chi connectivity index (χ2v) is 3.65. The molecule has 1 rings (SSSR count). The van der Waals surface area contributed by atoms with Crippen molar-refractivity contribution in [3.05, 3.63) is 34.9 Å². The summed E-state index contributed by atoms with van der Waals surface area (Å²) in [6.07, 6.45) is 3.11. The molecular weight excluding hydrogens is 218 g/mol. The molecule has 5 heteroatoms. The Bertz CT molecular complexity index is 361. The van der Waals surface area contributed by atoms with Gasteiger partial charge in [0.05, 0.1) is 0 Å². The maximum absolute atomic E-state index is 13.0. The summed E-state index contributed by atoms with van der Waals surface area (Å²) >= 11 is 1.48. The Balaban J connectivity index is 0.000000583. The van der Waals surface area contributed by atoms with Crippen LogP contribution in [0.15, 0.2) is 12.1 Å². The van der Waals surface area contributed by atoms with Gasteiger partial charge >= 0.3 is 0 Å². The van der Waals surface area contributed by atoms with Crippen LogP contribution in [-0.4, -0.2) is 6.26 Å². The molecule has 0 saturated heterocycles. The van der Waals surface area contributed by atoms with E-state index in [1.54, 1.807) is 13.0 Å². The molecule has 0 aliphatic carbocycles. The fraction of sp³-hybridized carbons (Fsp3) is 0.300. The van der Waals surface area contributed by atoms with Gasteiger partial charge in [0.25, 0.3) is 0 Å². The van der Waals surface area contributed by atoms with Gasteiger partial charge in [-0.05, 0) is 24.8 Å². The van der Waals surface area contributed by atoms with Gasteiger partial charge < -0.3 is 5.73 Å². The topological polar surface area (TPSA) is 49.8 Å². The second-order valence-electron chi connectivity index (χ2n) is 2.78. The van der Waals surface area contributed by atoms with E-state index < -0.39 is 11.6 Å². The molecule has 0 aliphatic heterocycles. The standard InChI is InChI=1S/C9H10F2S.CH2N2/c1-6-3-7(5-12-2)9(11)8(10)4-6;2-1-3/h3-4H,5H2,1-2H3;2H2. The maximum atomic E-state index is 13.0. The van der Waals surface area contributed by atoms with Crippen molar-refractivity contribution in [3.8, 4) is 6.19 Å². The molecule has 2 nitrogen and oxygen atoms in total. The lowest BCUT2D eigenvalue weighted by atomic mass is 10.1. The van der Waals surface area contributed by atoms with Crippen LogP contribution >= 0.6 is 11.8 Å². The van der Waals surface area contributed by atoms with Gasteiger partial charge in [-0.2, -0.15) is 17.0 Å². The Kier molecular flexibility index (Phi) is 6.47. The zero-order chi connectivity index (χ0) is 11.8. The van der Waals surface area contributed by atoms with E-state index in [4.69, 9.17) is 5.26 Å². The largest absolute Gasteiger partial charge is 0.337 e. The first-order valence-electron chi connectivity index (χ1n) is 4.10. The minimum absolute atomic E-state index is 0.444. The number of benzene rings is 1. The molecule has 2 N–H and O–H groups in total. The highest BCUT2D eigenvalue weighted by atomic mass is 32.2. The Labute approximate surface area is 92.1 Å². The summed E-state index contributed by atoms with van der Waals surface area (Å²) in [5.41, 5.74) is 5.36. The van der Waals surface area contributed by atoms with Crippen molar-refractivity contribution in [3.63, 3.8) is 0 Å². The van der Waals surface area contributed by atoms with E-state index in [0.29, 0.717) is 11.3 Å². The lowest BCUT2D eigenvalue weighted by Gasteiger charge is -2.03. The smallest absolute Gasteiger partial charge is 0.173 e. The number of rotatable bonds is 2. The van der Waals surface area contributed by atoms with Gasteiger partial charge in [-0.3, -0.25) is 0 Å². The van der Waals surface area contributed by atoms with Crippen molar-refractivity contribution in [2.75, 3.05) is 6.26 Å². The Morgan fingerprint density at radius 2 is 2.00 bits per heavy atom. The average molecular weight is 230 g/mol. The number of hydrogen-bond donors (Lipinski definition) is 1. The lowest BCUT2D eigenvalue weighted by molar-refractivity contribution is 0.501. The fourth-order valence-electron chi connectivity index (χ4n) is 1.06. The molecule has 15 heavy (non-hydrogen) atoms. The van der Waals surface area contributed by atoms with Crippen molar-refractivity contribution in [2.24, 2.45) is 5.73 Å². The first-order chi connectivity index (χ1) is 7.06. The molecule has 0 fully saturated rings. The molecule has 1 aromatic rings. The summed E-state index contributed by atoms with van der Waals surface area (Å²) < 4.78 is 25.8. The Morgan fingerprint density at radius 3 is 2.47 bits per heavy atom. The molecule has 0 saturated carbocycles. The van der Waals surface area contributed by atoms with Crippen LogP contribution in [0.5, 0.6) is 0 Å². The van der Waals surface area contributed by atoms with E-state index in [2.05, 4.69) is 5.73 Å². The van der Waals surface area contributed by atoms with Gasteiger partial charge in [0.2, 0.25) is 0 Å². The zero-order valence-electron chi connectivity index (χ0n) is 8.55. The number of thioether (sulfide) groups is 1. The van der Waals surface area contributed by atoms with Crippen molar-refractivity contribution in [1.29, 1.82) is 5.26 Å². The van der Waals surface area contributed by atoms with Crippen LogP contribution in [0.2, 0.25) is 0 Å². The van der Waals surface area contributed by atoms with Crippen molar-refractivity contribution in [2.45, 2.75) is 12.7 Å². The summed E-state index contributed by atoms with van der Waals surface area (Å²) in [4.78, 5) is 0. The molecule has 0 atom stereocenters. The van der Waals surface area contributed by atoms with Gasteiger partial charge in [-0.15, -0.1) is 0 Å². The number of aryl methyl sites for hydroxylation is 1. The van der Waals surface area contributed by atoms with Gasteiger partial charge in [0, 0.05) is 11.3 Å². The van der Waals surface area contributed by atoms with Gasteiger partial charge in [-0.25, -0.2) is 8.78 Å².